The second-order valence-corrected chi connectivity index (χ2v) is 6.21. The predicted molar refractivity (Wildman–Crippen MR) is 79.9 cm³/mol. The first-order valence-corrected chi connectivity index (χ1v) is 7.50. The first-order valence-electron chi connectivity index (χ1n) is 6.70. The molecule has 1 fully saturated rings. The molecular formula is C15H19BrN2. The van der Waals surface area contributed by atoms with E-state index < -0.39 is 0 Å². The Balaban J connectivity index is 1.86. The Hall–Kier alpha value is -0.800. The van der Waals surface area contributed by atoms with Crippen LogP contribution in [0.25, 0.3) is 10.9 Å². The van der Waals surface area contributed by atoms with Crippen LogP contribution in [-0.4, -0.2) is 18.1 Å². The second-order valence-electron chi connectivity index (χ2n) is 5.29. The number of benzene rings is 1. The van der Waals surface area contributed by atoms with Gasteiger partial charge in [-0.1, -0.05) is 28.4 Å². The third-order valence-electron chi connectivity index (χ3n) is 4.24. The van der Waals surface area contributed by atoms with E-state index >= 15 is 0 Å². The molecule has 0 amide bonds. The van der Waals surface area contributed by atoms with Crippen LogP contribution in [0.4, 0.5) is 0 Å². The molecule has 18 heavy (non-hydrogen) atoms. The van der Waals surface area contributed by atoms with Crippen LogP contribution in [0.5, 0.6) is 0 Å². The number of halogens is 1. The van der Waals surface area contributed by atoms with Gasteiger partial charge in [0.15, 0.2) is 0 Å². The predicted octanol–water partition coefficient (Wildman–Crippen LogP) is 3.86. The van der Waals surface area contributed by atoms with Crippen molar-refractivity contribution in [3.05, 3.63) is 34.4 Å². The van der Waals surface area contributed by atoms with Gasteiger partial charge >= 0.3 is 0 Å². The highest BCUT2D eigenvalue weighted by atomic mass is 79.9. The molecule has 3 rings (SSSR count). The van der Waals surface area contributed by atoms with Gasteiger partial charge in [-0.15, -0.1) is 0 Å². The lowest BCUT2D eigenvalue weighted by Crippen LogP contribution is -2.29. The molecule has 0 radical (unpaired) electrons. The summed E-state index contributed by atoms with van der Waals surface area (Å²) in [5, 5.41) is 4.84. The normalized spacial score (nSPS) is 23.9. The molecule has 2 aromatic rings. The Morgan fingerprint density at radius 3 is 3.11 bits per heavy atom. The summed E-state index contributed by atoms with van der Waals surface area (Å²) in [4.78, 5) is 3.39. The zero-order valence-electron chi connectivity index (χ0n) is 10.7. The zero-order chi connectivity index (χ0) is 12.5. The molecule has 0 aliphatic heterocycles. The smallest absolute Gasteiger partial charge is 0.0468 e. The van der Waals surface area contributed by atoms with Crippen molar-refractivity contribution in [3.8, 4) is 0 Å². The Labute approximate surface area is 116 Å². The molecular weight excluding hydrogens is 288 g/mol. The van der Waals surface area contributed by atoms with Gasteiger partial charge in [0.1, 0.15) is 0 Å². The topological polar surface area (TPSA) is 27.8 Å². The molecule has 2 N–H and O–H groups in total. The molecule has 0 spiro atoms. The first-order chi connectivity index (χ1) is 8.78. The fourth-order valence-electron chi connectivity index (χ4n) is 3.27. The maximum Gasteiger partial charge on any atom is 0.0468 e. The van der Waals surface area contributed by atoms with Gasteiger partial charge in [-0.3, -0.25) is 0 Å². The fourth-order valence-corrected chi connectivity index (χ4v) is 3.63. The molecule has 0 saturated heterocycles. The van der Waals surface area contributed by atoms with Crippen LogP contribution in [0.3, 0.4) is 0 Å². The number of aromatic amines is 1. The molecule has 1 aliphatic rings. The molecule has 1 aliphatic carbocycles. The summed E-state index contributed by atoms with van der Waals surface area (Å²) in [6, 6.07) is 7.20. The fraction of sp³-hybridized carbons (Fsp3) is 0.467. The van der Waals surface area contributed by atoms with E-state index in [0.717, 1.165) is 10.4 Å². The summed E-state index contributed by atoms with van der Waals surface area (Å²) in [6.07, 6.45) is 7.42. The van der Waals surface area contributed by atoms with E-state index in [1.807, 2.05) is 0 Å². The van der Waals surface area contributed by atoms with Crippen LogP contribution in [-0.2, 0) is 6.42 Å². The van der Waals surface area contributed by atoms with E-state index in [9.17, 15) is 0 Å². The Morgan fingerprint density at radius 2 is 2.28 bits per heavy atom. The minimum absolute atomic E-state index is 0.699. The van der Waals surface area contributed by atoms with E-state index in [2.05, 4.69) is 57.7 Å². The number of H-pyrrole nitrogens is 1. The van der Waals surface area contributed by atoms with Crippen molar-refractivity contribution in [1.82, 2.24) is 10.3 Å². The van der Waals surface area contributed by atoms with E-state index in [-0.39, 0.29) is 0 Å². The van der Waals surface area contributed by atoms with Crippen molar-refractivity contribution in [3.63, 3.8) is 0 Å². The number of nitrogens with one attached hydrogen (secondary N) is 2. The van der Waals surface area contributed by atoms with Crippen LogP contribution in [0.2, 0.25) is 0 Å². The maximum absolute atomic E-state index is 3.52. The van der Waals surface area contributed by atoms with E-state index in [0.29, 0.717) is 6.04 Å². The third kappa shape index (κ3) is 2.21. The lowest BCUT2D eigenvalue weighted by molar-refractivity contribution is 0.424. The highest BCUT2D eigenvalue weighted by Gasteiger charge is 2.26. The Kier molecular flexibility index (Phi) is 3.44. The molecule has 2 nitrogen and oxygen atoms in total. The average molecular weight is 307 g/mol. The van der Waals surface area contributed by atoms with Crippen LogP contribution in [0.15, 0.2) is 28.9 Å². The van der Waals surface area contributed by atoms with E-state index in [1.165, 1.54) is 42.1 Å². The molecule has 1 aromatic carbocycles. The number of hydrogen-bond acceptors (Lipinski definition) is 1. The lowest BCUT2D eigenvalue weighted by Gasteiger charge is -2.18. The number of aromatic nitrogens is 1. The molecule has 96 valence electrons. The van der Waals surface area contributed by atoms with Crippen LogP contribution in [0.1, 0.15) is 24.8 Å². The van der Waals surface area contributed by atoms with Gasteiger partial charge in [-0.2, -0.15) is 0 Å². The highest BCUT2D eigenvalue weighted by Crippen LogP contribution is 2.31. The van der Waals surface area contributed by atoms with Crippen molar-refractivity contribution in [1.29, 1.82) is 0 Å². The molecule has 0 bridgehead atoms. The van der Waals surface area contributed by atoms with Crippen molar-refractivity contribution >= 4 is 26.8 Å². The monoisotopic (exact) mass is 306 g/mol. The minimum atomic E-state index is 0.699. The van der Waals surface area contributed by atoms with Crippen LogP contribution in [0, 0.1) is 5.92 Å². The van der Waals surface area contributed by atoms with Crippen molar-refractivity contribution < 1.29 is 0 Å². The number of rotatable bonds is 3. The summed E-state index contributed by atoms with van der Waals surface area (Å²) in [5.41, 5.74) is 2.70. The number of hydrogen-bond donors (Lipinski definition) is 2. The van der Waals surface area contributed by atoms with Gasteiger partial charge in [0.25, 0.3) is 0 Å². The summed E-state index contributed by atoms with van der Waals surface area (Å²) < 4.78 is 1.14. The molecule has 2 atom stereocenters. The van der Waals surface area contributed by atoms with Crippen molar-refractivity contribution in [2.75, 3.05) is 7.05 Å². The average Bonchev–Trinajstić information content (AvgIpc) is 2.96. The van der Waals surface area contributed by atoms with Gasteiger partial charge < -0.3 is 10.3 Å². The quantitative estimate of drug-likeness (QED) is 0.885. The van der Waals surface area contributed by atoms with Crippen LogP contribution < -0.4 is 5.32 Å². The van der Waals surface area contributed by atoms with Crippen LogP contribution >= 0.6 is 15.9 Å². The maximum atomic E-state index is 3.52. The first kappa shape index (κ1) is 12.2. The molecule has 1 heterocycles. The van der Waals surface area contributed by atoms with Gasteiger partial charge in [-0.25, -0.2) is 0 Å². The van der Waals surface area contributed by atoms with Crippen molar-refractivity contribution in [2.45, 2.75) is 31.7 Å². The molecule has 3 heteroatoms. The van der Waals surface area contributed by atoms with Gasteiger partial charge in [0, 0.05) is 27.6 Å². The standard InChI is InChI=1S/C15H19BrN2/c1-17-14-4-2-3-10(14)7-11-9-18-15-8-12(16)5-6-13(11)15/h5-6,8-10,14,17-18H,2-4,7H2,1H3. The summed E-state index contributed by atoms with van der Waals surface area (Å²) in [7, 11) is 2.09. The second kappa shape index (κ2) is 5.06. The SMILES string of the molecule is CNC1CCCC1Cc1c[nH]c2cc(Br)ccc12. The lowest BCUT2D eigenvalue weighted by atomic mass is 9.94. The van der Waals surface area contributed by atoms with Gasteiger partial charge in [0.2, 0.25) is 0 Å². The Bertz CT molecular complexity index is 546. The van der Waals surface area contributed by atoms with Gasteiger partial charge in [0.05, 0.1) is 0 Å². The van der Waals surface area contributed by atoms with Crippen molar-refractivity contribution in [2.24, 2.45) is 5.92 Å². The third-order valence-corrected chi connectivity index (χ3v) is 4.73. The zero-order valence-corrected chi connectivity index (χ0v) is 12.3. The molecule has 1 aromatic heterocycles. The number of fused-ring (bicyclic) bond motifs is 1. The highest BCUT2D eigenvalue weighted by molar-refractivity contribution is 9.10. The summed E-state index contributed by atoms with van der Waals surface area (Å²) in [6.45, 7) is 0. The van der Waals surface area contributed by atoms with E-state index in [1.54, 1.807) is 0 Å². The molecule has 1 saturated carbocycles. The minimum Gasteiger partial charge on any atom is -0.361 e. The van der Waals surface area contributed by atoms with E-state index in [4.69, 9.17) is 0 Å². The molecule has 2 unspecified atom stereocenters. The summed E-state index contributed by atoms with van der Waals surface area (Å²) >= 11 is 3.52. The largest absolute Gasteiger partial charge is 0.361 e. The van der Waals surface area contributed by atoms with Gasteiger partial charge in [-0.05, 0) is 49.9 Å². The summed E-state index contributed by atoms with van der Waals surface area (Å²) in [5.74, 6) is 0.789. The Morgan fingerprint density at radius 1 is 1.39 bits per heavy atom.